The Labute approximate surface area is 181 Å². The lowest BCUT2D eigenvalue weighted by Gasteiger charge is -2.36. The van der Waals surface area contributed by atoms with E-state index in [9.17, 15) is 0 Å². The summed E-state index contributed by atoms with van der Waals surface area (Å²) in [4.78, 5) is 9.27. The lowest BCUT2D eigenvalue weighted by molar-refractivity contribution is 0.120. The number of hydrogen-bond acceptors (Lipinski definition) is 4. The number of methoxy groups -OCH3 is 1. The second kappa shape index (κ2) is 12.4. The first-order valence-corrected chi connectivity index (χ1v) is 9.54. The van der Waals surface area contributed by atoms with Gasteiger partial charge in [0, 0.05) is 52.4 Å². The molecule has 0 saturated carbocycles. The molecule has 1 heterocycles. The topological polar surface area (TPSA) is 52.1 Å². The molecule has 7 heteroatoms. The Kier molecular flexibility index (Phi) is 11.0. The van der Waals surface area contributed by atoms with Gasteiger partial charge < -0.3 is 20.3 Å². The van der Waals surface area contributed by atoms with Crippen molar-refractivity contribution in [3.05, 3.63) is 29.3 Å². The van der Waals surface area contributed by atoms with Gasteiger partial charge in [-0.3, -0.25) is 9.89 Å². The van der Waals surface area contributed by atoms with Gasteiger partial charge in [-0.1, -0.05) is 12.1 Å². The molecule has 2 N–H and O–H groups in total. The smallest absolute Gasteiger partial charge is 0.191 e. The molecule has 1 unspecified atom stereocenters. The first-order chi connectivity index (χ1) is 12.5. The molecular formula is C20H36IN5O. The summed E-state index contributed by atoms with van der Waals surface area (Å²) in [6.07, 6.45) is 0.936. The SMILES string of the molecule is CN=C(NCCc1ccc(C)c(OC)c1)NCC(C)N1CCN(C)CC1.I. The van der Waals surface area contributed by atoms with Gasteiger partial charge in [-0.15, -0.1) is 24.0 Å². The Morgan fingerprint density at radius 2 is 1.93 bits per heavy atom. The number of halogens is 1. The van der Waals surface area contributed by atoms with Crippen LogP contribution >= 0.6 is 24.0 Å². The number of nitrogens with one attached hydrogen (secondary N) is 2. The van der Waals surface area contributed by atoms with Gasteiger partial charge in [0.2, 0.25) is 0 Å². The van der Waals surface area contributed by atoms with Crippen LogP contribution in [0.3, 0.4) is 0 Å². The molecule has 1 aliphatic heterocycles. The molecule has 1 aromatic carbocycles. The van der Waals surface area contributed by atoms with E-state index in [4.69, 9.17) is 4.74 Å². The number of benzene rings is 1. The Balaban J connectivity index is 0.00000364. The number of aryl methyl sites for hydroxylation is 1. The van der Waals surface area contributed by atoms with Crippen molar-refractivity contribution in [3.8, 4) is 5.75 Å². The van der Waals surface area contributed by atoms with Gasteiger partial charge in [0.25, 0.3) is 0 Å². The zero-order chi connectivity index (χ0) is 18.9. The van der Waals surface area contributed by atoms with E-state index in [1.54, 1.807) is 7.11 Å². The molecule has 0 spiro atoms. The van der Waals surface area contributed by atoms with Crippen LogP contribution in [0.4, 0.5) is 0 Å². The minimum absolute atomic E-state index is 0. The summed E-state index contributed by atoms with van der Waals surface area (Å²) < 4.78 is 5.40. The molecule has 0 aliphatic carbocycles. The maximum absolute atomic E-state index is 5.40. The Bertz CT molecular complexity index is 588. The number of ether oxygens (including phenoxy) is 1. The molecule has 1 aliphatic rings. The predicted molar refractivity (Wildman–Crippen MR) is 125 cm³/mol. The normalized spacial score (nSPS) is 17.1. The molecule has 1 atom stereocenters. The third-order valence-electron chi connectivity index (χ3n) is 5.13. The summed E-state index contributed by atoms with van der Waals surface area (Å²) >= 11 is 0. The quantitative estimate of drug-likeness (QED) is 0.349. The third kappa shape index (κ3) is 7.83. The molecular weight excluding hydrogens is 453 g/mol. The van der Waals surface area contributed by atoms with Gasteiger partial charge in [0.05, 0.1) is 7.11 Å². The minimum atomic E-state index is 0. The van der Waals surface area contributed by atoms with Crippen molar-refractivity contribution in [1.29, 1.82) is 0 Å². The molecule has 1 saturated heterocycles. The molecule has 6 nitrogen and oxygen atoms in total. The van der Waals surface area contributed by atoms with E-state index in [0.717, 1.165) is 57.4 Å². The minimum Gasteiger partial charge on any atom is -0.496 e. The highest BCUT2D eigenvalue weighted by Crippen LogP contribution is 2.18. The largest absolute Gasteiger partial charge is 0.496 e. The molecule has 0 amide bonds. The second-order valence-electron chi connectivity index (χ2n) is 7.12. The van der Waals surface area contributed by atoms with Crippen molar-refractivity contribution < 1.29 is 4.74 Å². The monoisotopic (exact) mass is 489 g/mol. The maximum Gasteiger partial charge on any atom is 0.191 e. The van der Waals surface area contributed by atoms with E-state index in [0.29, 0.717) is 6.04 Å². The average Bonchev–Trinajstić information content (AvgIpc) is 2.66. The molecule has 1 aromatic rings. The van der Waals surface area contributed by atoms with Gasteiger partial charge in [-0.2, -0.15) is 0 Å². The number of rotatable bonds is 7. The summed E-state index contributed by atoms with van der Waals surface area (Å²) in [5.41, 5.74) is 2.43. The zero-order valence-corrected chi connectivity index (χ0v) is 19.7. The summed E-state index contributed by atoms with van der Waals surface area (Å²) in [6, 6.07) is 6.89. The van der Waals surface area contributed by atoms with Crippen molar-refractivity contribution in [3.63, 3.8) is 0 Å². The Hall–Kier alpha value is -1.06. The van der Waals surface area contributed by atoms with Crippen LogP contribution in [0.15, 0.2) is 23.2 Å². The maximum atomic E-state index is 5.40. The van der Waals surface area contributed by atoms with E-state index in [1.807, 2.05) is 7.05 Å². The molecule has 0 aromatic heterocycles. The molecule has 0 radical (unpaired) electrons. The lowest BCUT2D eigenvalue weighted by Crippen LogP contribution is -2.52. The van der Waals surface area contributed by atoms with Crippen molar-refractivity contribution >= 4 is 29.9 Å². The average molecular weight is 489 g/mol. The molecule has 0 bridgehead atoms. The lowest BCUT2D eigenvalue weighted by atomic mass is 10.1. The van der Waals surface area contributed by atoms with E-state index in [1.165, 1.54) is 11.1 Å². The van der Waals surface area contributed by atoms with Crippen molar-refractivity contribution in [2.24, 2.45) is 4.99 Å². The molecule has 27 heavy (non-hydrogen) atoms. The van der Waals surface area contributed by atoms with Crippen LogP contribution in [0.5, 0.6) is 5.75 Å². The highest BCUT2D eigenvalue weighted by Gasteiger charge is 2.18. The highest BCUT2D eigenvalue weighted by molar-refractivity contribution is 14.0. The van der Waals surface area contributed by atoms with Crippen LogP contribution in [0.1, 0.15) is 18.1 Å². The molecule has 2 rings (SSSR count). The highest BCUT2D eigenvalue weighted by atomic mass is 127. The van der Waals surface area contributed by atoms with E-state index in [2.05, 4.69) is 64.5 Å². The van der Waals surface area contributed by atoms with E-state index in [-0.39, 0.29) is 24.0 Å². The van der Waals surface area contributed by atoms with E-state index >= 15 is 0 Å². The predicted octanol–water partition coefficient (Wildman–Crippen LogP) is 1.97. The van der Waals surface area contributed by atoms with Crippen LogP contribution < -0.4 is 15.4 Å². The number of piperazine rings is 1. The van der Waals surface area contributed by atoms with Gasteiger partial charge in [-0.25, -0.2) is 0 Å². The Morgan fingerprint density at radius 3 is 2.56 bits per heavy atom. The van der Waals surface area contributed by atoms with Crippen LogP contribution in [0.2, 0.25) is 0 Å². The number of hydrogen-bond donors (Lipinski definition) is 2. The van der Waals surface area contributed by atoms with Crippen LogP contribution in [-0.2, 0) is 6.42 Å². The third-order valence-corrected chi connectivity index (χ3v) is 5.13. The van der Waals surface area contributed by atoms with Crippen molar-refractivity contribution in [2.75, 3.05) is 60.5 Å². The second-order valence-corrected chi connectivity index (χ2v) is 7.12. The first-order valence-electron chi connectivity index (χ1n) is 9.54. The number of guanidine groups is 1. The number of likely N-dealkylation sites (N-methyl/N-ethyl adjacent to an activating group) is 1. The summed E-state index contributed by atoms with van der Waals surface area (Å²) in [5, 5.41) is 6.86. The summed E-state index contributed by atoms with van der Waals surface area (Å²) in [6.45, 7) is 10.7. The van der Waals surface area contributed by atoms with Gasteiger partial charge >= 0.3 is 0 Å². The van der Waals surface area contributed by atoms with Crippen molar-refractivity contribution in [2.45, 2.75) is 26.3 Å². The van der Waals surface area contributed by atoms with Crippen LogP contribution in [0.25, 0.3) is 0 Å². The number of nitrogens with zero attached hydrogens (tertiary/aromatic N) is 3. The zero-order valence-electron chi connectivity index (χ0n) is 17.4. The summed E-state index contributed by atoms with van der Waals surface area (Å²) in [7, 11) is 5.73. The Morgan fingerprint density at radius 1 is 1.22 bits per heavy atom. The van der Waals surface area contributed by atoms with Gasteiger partial charge in [-0.05, 0) is 44.5 Å². The molecule has 1 fully saturated rings. The fraction of sp³-hybridized carbons (Fsp3) is 0.650. The van der Waals surface area contributed by atoms with Gasteiger partial charge in [0.15, 0.2) is 5.96 Å². The molecule has 154 valence electrons. The number of aliphatic imine (C=N–C) groups is 1. The fourth-order valence-corrected chi connectivity index (χ4v) is 3.20. The van der Waals surface area contributed by atoms with Crippen molar-refractivity contribution in [1.82, 2.24) is 20.4 Å². The fourth-order valence-electron chi connectivity index (χ4n) is 3.20. The summed E-state index contributed by atoms with van der Waals surface area (Å²) in [5.74, 6) is 1.82. The first kappa shape index (κ1) is 24.0. The van der Waals surface area contributed by atoms with Crippen LogP contribution in [-0.4, -0.2) is 82.3 Å². The standard InChI is InChI=1S/C20H35N5O.HI/c1-16-6-7-18(14-19(16)26-5)8-9-22-20(21-3)23-15-17(2)25-12-10-24(4)11-13-25;/h6-7,14,17H,8-13,15H2,1-5H3,(H2,21,22,23);1H. The van der Waals surface area contributed by atoms with Crippen LogP contribution in [0, 0.1) is 6.92 Å². The van der Waals surface area contributed by atoms with Gasteiger partial charge in [0.1, 0.15) is 5.75 Å². The van der Waals surface area contributed by atoms with E-state index < -0.39 is 0 Å².